The van der Waals surface area contributed by atoms with Crippen LogP contribution in [0.2, 0.25) is 0 Å². The van der Waals surface area contributed by atoms with Crippen LogP contribution in [0.1, 0.15) is 36.8 Å². The lowest BCUT2D eigenvalue weighted by atomic mass is 10.0. The Labute approximate surface area is 129 Å². The van der Waals surface area contributed by atoms with Crippen LogP contribution in [0.4, 0.5) is 0 Å². The second kappa shape index (κ2) is 6.91. The first-order chi connectivity index (χ1) is 10.2. The standard InChI is InChI=1S/C18H29N3/c1-20(2)18-8-5-11-21(14-18)13-16-7-4-3-6-15(16)12-19-17-9-10-17/h3-4,6-7,17-19H,5,8-14H2,1-2H3. The van der Waals surface area contributed by atoms with E-state index in [4.69, 9.17) is 0 Å². The molecule has 21 heavy (non-hydrogen) atoms. The van der Waals surface area contributed by atoms with Gasteiger partial charge in [-0.1, -0.05) is 24.3 Å². The highest BCUT2D eigenvalue weighted by atomic mass is 15.2. The molecule has 116 valence electrons. The molecule has 1 saturated carbocycles. The average molecular weight is 287 g/mol. The molecule has 1 heterocycles. The molecular formula is C18H29N3. The predicted molar refractivity (Wildman–Crippen MR) is 88.3 cm³/mol. The van der Waals surface area contributed by atoms with Gasteiger partial charge < -0.3 is 10.2 Å². The molecule has 3 rings (SSSR count). The number of benzene rings is 1. The molecule has 1 aliphatic heterocycles. The smallest absolute Gasteiger partial charge is 0.0237 e. The molecule has 1 aromatic carbocycles. The summed E-state index contributed by atoms with van der Waals surface area (Å²) < 4.78 is 0. The van der Waals surface area contributed by atoms with E-state index in [0.717, 1.165) is 25.2 Å². The Hall–Kier alpha value is -0.900. The Morgan fingerprint density at radius 3 is 2.62 bits per heavy atom. The van der Waals surface area contributed by atoms with Crippen LogP contribution in [0, 0.1) is 0 Å². The third-order valence-corrected chi connectivity index (χ3v) is 4.88. The number of likely N-dealkylation sites (N-methyl/N-ethyl adjacent to an activating group) is 1. The van der Waals surface area contributed by atoms with Crippen LogP contribution in [-0.4, -0.2) is 49.1 Å². The largest absolute Gasteiger partial charge is 0.310 e. The summed E-state index contributed by atoms with van der Waals surface area (Å²) in [4.78, 5) is 5.01. The van der Waals surface area contributed by atoms with Gasteiger partial charge in [0.2, 0.25) is 0 Å². The van der Waals surface area contributed by atoms with Gasteiger partial charge in [-0.2, -0.15) is 0 Å². The van der Waals surface area contributed by atoms with Gasteiger partial charge in [0.25, 0.3) is 0 Å². The Morgan fingerprint density at radius 1 is 1.14 bits per heavy atom. The third kappa shape index (κ3) is 4.29. The minimum atomic E-state index is 0.718. The van der Waals surface area contributed by atoms with E-state index in [2.05, 4.69) is 53.5 Å². The van der Waals surface area contributed by atoms with Crippen LogP contribution in [0.3, 0.4) is 0 Å². The number of likely N-dealkylation sites (tertiary alicyclic amines) is 1. The number of rotatable bonds is 6. The van der Waals surface area contributed by atoms with Gasteiger partial charge in [0.05, 0.1) is 0 Å². The molecule has 2 fully saturated rings. The van der Waals surface area contributed by atoms with Gasteiger partial charge in [0.15, 0.2) is 0 Å². The molecule has 1 N–H and O–H groups in total. The van der Waals surface area contributed by atoms with E-state index >= 15 is 0 Å². The molecule has 3 heteroatoms. The van der Waals surface area contributed by atoms with E-state index in [1.807, 2.05) is 0 Å². The summed E-state index contributed by atoms with van der Waals surface area (Å²) >= 11 is 0. The highest BCUT2D eigenvalue weighted by Gasteiger charge is 2.23. The second-order valence-corrected chi connectivity index (χ2v) is 6.92. The van der Waals surface area contributed by atoms with E-state index < -0.39 is 0 Å². The molecule has 2 aliphatic rings. The third-order valence-electron chi connectivity index (χ3n) is 4.88. The van der Waals surface area contributed by atoms with Gasteiger partial charge in [0, 0.05) is 31.7 Å². The zero-order valence-corrected chi connectivity index (χ0v) is 13.5. The number of piperidine rings is 1. The van der Waals surface area contributed by atoms with Crippen LogP contribution < -0.4 is 5.32 Å². The van der Waals surface area contributed by atoms with Crippen molar-refractivity contribution in [2.45, 2.75) is 50.9 Å². The number of nitrogens with one attached hydrogen (secondary N) is 1. The topological polar surface area (TPSA) is 18.5 Å². The van der Waals surface area contributed by atoms with Gasteiger partial charge in [-0.05, 0) is 57.5 Å². The Kier molecular flexibility index (Phi) is 4.94. The highest BCUT2D eigenvalue weighted by Crippen LogP contribution is 2.21. The predicted octanol–water partition coefficient (Wildman–Crippen LogP) is 2.46. The first kappa shape index (κ1) is 15.0. The summed E-state index contributed by atoms with van der Waals surface area (Å²) in [6.07, 6.45) is 5.39. The van der Waals surface area contributed by atoms with Crippen LogP contribution in [0.25, 0.3) is 0 Å². The van der Waals surface area contributed by atoms with Gasteiger partial charge >= 0.3 is 0 Å². The molecule has 0 amide bonds. The lowest BCUT2D eigenvalue weighted by Crippen LogP contribution is -2.44. The first-order valence-electron chi connectivity index (χ1n) is 8.41. The maximum Gasteiger partial charge on any atom is 0.0237 e. The zero-order valence-electron chi connectivity index (χ0n) is 13.5. The summed E-state index contributed by atoms with van der Waals surface area (Å²) in [5.41, 5.74) is 2.99. The molecule has 0 aromatic heterocycles. The average Bonchev–Trinajstić information content (AvgIpc) is 3.31. The van der Waals surface area contributed by atoms with E-state index in [0.29, 0.717) is 0 Å². The van der Waals surface area contributed by atoms with Crippen molar-refractivity contribution in [2.24, 2.45) is 0 Å². The molecule has 0 spiro atoms. The minimum Gasteiger partial charge on any atom is -0.310 e. The molecule has 1 aromatic rings. The molecule has 0 radical (unpaired) electrons. The molecule has 3 nitrogen and oxygen atoms in total. The van der Waals surface area contributed by atoms with E-state index in [-0.39, 0.29) is 0 Å². The van der Waals surface area contributed by atoms with Crippen LogP contribution in [0.15, 0.2) is 24.3 Å². The fourth-order valence-corrected chi connectivity index (χ4v) is 3.26. The maximum absolute atomic E-state index is 3.65. The second-order valence-electron chi connectivity index (χ2n) is 6.92. The highest BCUT2D eigenvalue weighted by molar-refractivity contribution is 5.27. The molecule has 1 aliphatic carbocycles. The summed E-state index contributed by atoms with van der Waals surface area (Å²) in [5, 5.41) is 3.65. The van der Waals surface area contributed by atoms with Crippen molar-refractivity contribution >= 4 is 0 Å². The SMILES string of the molecule is CN(C)C1CCCN(Cc2ccccc2CNC2CC2)C1. The van der Waals surface area contributed by atoms with Crippen molar-refractivity contribution in [2.75, 3.05) is 27.2 Å². The summed E-state index contributed by atoms with van der Waals surface area (Å²) in [7, 11) is 4.42. The van der Waals surface area contributed by atoms with E-state index in [1.54, 1.807) is 0 Å². The lowest BCUT2D eigenvalue weighted by Gasteiger charge is -2.36. The van der Waals surface area contributed by atoms with Crippen LogP contribution in [0.5, 0.6) is 0 Å². The fourth-order valence-electron chi connectivity index (χ4n) is 3.26. The van der Waals surface area contributed by atoms with Crippen LogP contribution >= 0.6 is 0 Å². The normalized spacial score (nSPS) is 23.7. The number of hydrogen-bond acceptors (Lipinski definition) is 3. The van der Waals surface area contributed by atoms with Gasteiger partial charge in [0.1, 0.15) is 0 Å². The van der Waals surface area contributed by atoms with Crippen molar-refractivity contribution in [3.8, 4) is 0 Å². The van der Waals surface area contributed by atoms with Crippen molar-refractivity contribution in [1.82, 2.24) is 15.1 Å². The summed E-state index contributed by atoms with van der Waals surface area (Å²) in [6, 6.07) is 10.5. The molecule has 0 bridgehead atoms. The van der Waals surface area contributed by atoms with Crippen molar-refractivity contribution in [1.29, 1.82) is 0 Å². The monoisotopic (exact) mass is 287 g/mol. The Morgan fingerprint density at radius 2 is 1.90 bits per heavy atom. The minimum absolute atomic E-state index is 0.718. The Balaban J connectivity index is 1.60. The van der Waals surface area contributed by atoms with Crippen molar-refractivity contribution in [3.05, 3.63) is 35.4 Å². The van der Waals surface area contributed by atoms with Crippen molar-refractivity contribution in [3.63, 3.8) is 0 Å². The quantitative estimate of drug-likeness (QED) is 0.867. The zero-order chi connectivity index (χ0) is 14.7. The molecule has 1 saturated heterocycles. The van der Waals surface area contributed by atoms with E-state index in [1.165, 1.54) is 49.9 Å². The van der Waals surface area contributed by atoms with Crippen LogP contribution in [-0.2, 0) is 13.1 Å². The molecular weight excluding hydrogens is 258 g/mol. The van der Waals surface area contributed by atoms with Gasteiger partial charge in [-0.25, -0.2) is 0 Å². The number of hydrogen-bond donors (Lipinski definition) is 1. The summed E-state index contributed by atoms with van der Waals surface area (Å²) in [5.74, 6) is 0. The lowest BCUT2D eigenvalue weighted by molar-refractivity contribution is 0.127. The molecule has 1 atom stereocenters. The first-order valence-corrected chi connectivity index (χ1v) is 8.41. The summed E-state index contributed by atoms with van der Waals surface area (Å²) in [6.45, 7) is 4.59. The Bertz CT molecular complexity index is 454. The van der Waals surface area contributed by atoms with E-state index in [9.17, 15) is 0 Å². The number of nitrogens with zero attached hydrogens (tertiary/aromatic N) is 2. The van der Waals surface area contributed by atoms with Gasteiger partial charge in [-0.3, -0.25) is 4.90 Å². The molecule has 1 unspecified atom stereocenters. The van der Waals surface area contributed by atoms with Gasteiger partial charge in [-0.15, -0.1) is 0 Å². The van der Waals surface area contributed by atoms with Crippen molar-refractivity contribution < 1.29 is 0 Å². The fraction of sp³-hybridized carbons (Fsp3) is 0.667. The maximum atomic E-state index is 3.65.